The Morgan fingerprint density at radius 3 is 3.00 bits per heavy atom. The van der Waals surface area contributed by atoms with E-state index in [1.807, 2.05) is 0 Å². The average Bonchev–Trinajstić information content (AvgIpc) is 2.25. The summed E-state index contributed by atoms with van der Waals surface area (Å²) in [5.74, 6) is 0. The van der Waals surface area contributed by atoms with Gasteiger partial charge >= 0.3 is 0 Å². The SMILES string of the molecule is CC1=CC2CCCCN2CCC1. The van der Waals surface area contributed by atoms with Gasteiger partial charge < -0.3 is 0 Å². The molecule has 0 radical (unpaired) electrons. The van der Waals surface area contributed by atoms with E-state index in [2.05, 4.69) is 17.9 Å². The second kappa shape index (κ2) is 3.61. The van der Waals surface area contributed by atoms with E-state index in [0.29, 0.717) is 0 Å². The molecule has 1 fully saturated rings. The minimum Gasteiger partial charge on any atom is -0.297 e. The van der Waals surface area contributed by atoms with E-state index >= 15 is 0 Å². The fourth-order valence-corrected chi connectivity index (χ4v) is 2.46. The molecule has 1 saturated heterocycles. The highest BCUT2D eigenvalue weighted by atomic mass is 15.2. The summed E-state index contributed by atoms with van der Waals surface area (Å²) >= 11 is 0. The number of hydrogen-bond donors (Lipinski definition) is 0. The van der Waals surface area contributed by atoms with Gasteiger partial charge in [0.25, 0.3) is 0 Å². The van der Waals surface area contributed by atoms with Gasteiger partial charge in [-0.2, -0.15) is 0 Å². The van der Waals surface area contributed by atoms with Gasteiger partial charge in [0.05, 0.1) is 0 Å². The first-order chi connectivity index (χ1) is 5.86. The zero-order chi connectivity index (χ0) is 8.39. The van der Waals surface area contributed by atoms with Crippen LogP contribution in [0.4, 0.5) is 0 Å². The number of nitrogens with zero attached hydrogens (tertiary/aromatic N) is 1. The van der Waals surface area contributed by atoms with Crippen LogP contribution < -0.4 is 0 Å². The second-order valence-electron chi connectivity index (χ2n) is 4.22. The van der Waals surface area contributed by atoms with Crippen LogP contribution in [0.25, 0.3) is 0 Å². The van der Waals surface area contributed by atoms with Crippen molar-refractivity contribution < 1.29 is 0 Å². The normalized spacial score (nSPS) is 32.1. The molecule has 2 heterocycles. The van der Waals surface area contributed by atoms with Crippen molar-refractivity contribution in [3.63, 3.8) is 0 Å². The Morgan fingerprint density at radius 1 is 1.25 bits per heavy atom. The van der Waals surface area contributed by atoms with Gasteiger partial charge in [0.15, 0.2) is 0 Å². The van der Waals surface area contributed by atoms with Crippen molar-refractivity contribution >= 4 is 0 Å². The summed E-state index contributed by atoms with van der Waals surface area (Å²) in [4.78, 5) is 2.67. The number of hydrogen-bond acceptors (Lipinski definition) is 1. The summed E-state index contributed by atoms with van der Waals surface area (Å²) in [5.41, 5.74) is 1.62. The van der Waals surface area contributed by atoms with E-state index in [4.69, 9.17) is 0 Å². The fourth-order valence-electron chi connectivity index (χ4n) is 2.46. The van der Waals surface area contributed by atoms with Crippen molar-refractivity contribution in [1.29, 1.82) is 0 Å². The molecule has 0 N–H and O–H groups in total. The highest BCUT2D eigenvalue weighted by molar-refractivity contribution is 5.07. The average molecular weight is 165 g/mol. The van der Waals surface area contributed by atoms with Gasteiger partial charge in [-0.25, -0.2) is 0 Å². The van der Waals surface area contributed by atoms with Crippen molar-refractivity contribution in [3.05, 3.63) is 11.6 Å². The van der Waals surface area contributed by atoms with Crippen molar-refractivity contribution in [3.8, 4) is 0 Å². The zero-order valence-corrected chi connectivity index (χ0v) is 8.05. The third kappa shape index (κ3) is 1.71. The van der Waals surface area contributed by atoms with Crippen LogP contribution in [0.15, 0.2) is 11.6 Å². The number of rotatable bonds is 0. The van der Waals surface area contributed by atoms with Gasteiger partial charge in [-0.3, -0.25) is 4.90 Å². The molecular formula is C11H19N. The molecule has 2 rings (SSSR count). The predicted molar refractivity (Wildman–Crippen MR) is 52.2 cm³/mol. The third-order valence-electron chi connectivity index (χ3n) is 3.16. The summed E-state index contributed by atoms with van der Waals surface area (Å²) < 4.78 is 0. The highest BCUT2D eigenvalue weighted by Crippen LogP contribution is 2.23. The van der Waals surface area contributed by atoms with Gasteiger partial charge in [0, 0.05) is 6.04 Å². The number of allylic oxidation sites excluding steroid dienone is 1. The first-order valence-electron chi connectivity index (χ1n) is 5.27. The van der Waals surface area contributed by atoms with E-state index in [1.54, 1.807) is 5.57 Å². The van der Waals surface area contributed by atoms with Gasteiger partial charge in [0.2, 0.25) is 0 Å². The standard InChI is InChI=1S/C11H19N/c1-10-5-4-8-12-7-3-2-6-11(12)9-10/h9,11H,2-8H2,1H3. The molecule has 0 aliphatic carbocycles. The molecule has 1 atom stereocenters. The molecule has 0 saturated carbocycles. The molecular weight excluding hydrogens is 146 g/mol. The first kappa shape index (κ1) is 8.31. The van der Waals surface area contributed by atoms with E-state index in [1.165, 1.54) is 45.2 Å². The molecule has 0 bridgehead atoms. The molecule has 0 amide bonds. The van der Waals surface area contributed by atoms with E-state index in [-0.39, 0.29) is 0 Å². The number of piperidine rings is 1. The van der Waals surface area contributed by atoms with Crippen LogP contribution in [0.3, 0.4) is 0 Å². The van der Waals surface area contributed by atoms with Crippen LogP contribution in [-0.2, 0) is 0 Å². The zero-order valence-electron chi connectivity index (χ0n) is 8.05. The molecule has 2 aliphatic heterocycles. The van der Waals surface area contributed by atoms with Crippen LogP contribution in [0.5, 0.6) is 0 Å². The monoisotopic (exact) mass is 165 g/mol. The molecule has 2 aliphatic rings. The smallest absolute Gasteiger partial charge is 0.0280 e. The molecule has 1 unspecified atom stereocenters. The second-order valence-corrected chi connectivity index (χ2v) is 4.22. The third-order valence-corrected chi connectivity index (χ3v) is 3.16. The Hall–Kier alpha value is -0.300. The molecule has 1 nitrogen and oxygen atoms in total. The summed E-state index contributed by atoms with van der Waals surface area (Å²) in [6.45, 7) is 4.96. The lowest BCUT2D eigenvalue weighted by molar-refractivity contribution is 0.183. The minimum absolute atomic E-state index is 0.793. The molecule has 12 heavy (non-hydrogen) atoms. The van der Waals surface area contributed by atoms with Gasteiger partial charge in [-0.15, -0.1) is 0 Å². The van der Waals surface area contributed by atoms with Crippen molar-refractivity contribution in [1.82, 2.24) is 4.90 Å². The van der Waals surface area contributed by atoms with E-state index in [9.17, 15) is 0 Å². The summed E-state index contributed by atoms with van der Waals surface area (Å²) in [5, 5.41) is 0. The molecule has 0 aromatic rings. The van der Waals surface area contributed by atoms with Crippen LogP contribution >= 0.6 is 0 Å². The molecule has 0 spiro atoms. The first-order valence-corrected chi connectivity index (χ1v) is 5.27. The Labute approximate surface area is 75.4 Å². The maximum atomic E-state index is 2.67. The Balaban J connectivity index is 2.08. The largest absolute Gasteiger partial charge is 0.297 e. The summed E-state index contributed by atoms with van der Waals surface area (Å²) in [6.07, 6.45) is 9.46. The van der Waals surface area contributed by atoms with Crippen LogP contribution in [0.1, 0.15) is 39.0 Å². The van der Waals surface area contributed by atoms with Crippen LogP contribution in [0.2, 0.25) is 0 Å². The lowest BCUT2D eigenvalue weighted by Gasteiger charge is -2.32. The predicted octanol–water partition coefficient (Wildman–Crippen LogP) is 2.58. The minimum atomic E-state index is 0.793. The lowest BCUT2D eigenvalue weighted by atomic mass is 10.0. The van der Waals surface area contributed by atoms with Crippen LogP contribution in [-0.4, -0.2) is 24.0 Å². The van der Waals surface area contributed by atoms with Crippen molar-refractivity contribution in [2.24, 2.45) is 0 Å². The molecule has 1 heteroatoms. The van der Waals surface area contributed by atoms with E-state index in [0.717, 1.165) is 6.04 Å². The van der Waals surface area contributed by atoms with Crippen molar-refractivity contribution in [2.75, 3.05) is 13.1 Å². The Kier molecular flexibility index (Phi) is 2.50. The van der Waals surface area contributed by atoms with E-state index < -0.39 is 0 Å². The topological polar surface area (TPSA) is 3.24 Å². The van der Waals surface area contributed by atoms with Gasteiger partial charge in [-0.1, -0.05) is 18.1 Å². The maximum absolute atomic E-state index is 2.67. The Bertz CT molecular complexity index is 183. The Morgan fingerprint density at radius 2 is 2.08 bits per heavy atom. The van der Waals surface area contributed by atoms with Crippen molar-refractivity contribution in [2.45, 2.75) is 45.1 Å². The van der Waals surface area contributed by atoms with Gasteiger partial charge in [0.1, 0.15) is 0 Å². The quantitative estimate of drug-likeness (QED) is 0.499. The maximum Gasteiger partial charge on any atom is 0.0280 e. The fraction of sp³-hybridized carbons (Fsp3) is 0.818. The van der Waals surface area contributed by atoms with Crippen LogP contribution in [0, 0.1) is 0 Å². The highest BCUT2D eigenvalue weighted by Gasteiger charge is 2.21. The lowest BCUT2D eigenvalue weighted by Crippen LogP contribution is -2.37. The molecule has 0 aromatic heterocycles. The summed E-state index contributed by atoms with van der Waals surface area (Å²) in [6, 6.07) is 0.793. The summed E-state index contributed by atoms with van der Waals surface area (Å²) in [7, 11) is 0. The number of fused-ring (bicyclic) bond motifs is 1. The van der Waals surface area contributed by atoms with Gasteiger partial charge in [-0.05, 0) is 45.7 Å². The molecule has 0 aromatic carbocycles. The molecule has 68 valence electrons.